The molecule has 2 aliphatic rings. The molecule has 6 rings (SSSR count). The summed E-state index contributed by atoms with van der Waals surface area (Å²) < 4.78 is 31.5. The van der Waals surface area contributed by atoms with Gasteiger partial charge in [-0.15, -0.1) is 11.3 Å². The molecule has 0 spiro atoms. The molecule has 0 aliphatic carbocycles. The number of aromatic nitrogens is 3. The average molecular weight is 512 g/mol. The number of benzene rings is 1. The highest BCUT2D eigenvalue weighted by Crippen LogP contribution is 2.37. The van der Waals surface area contributed by atoms with Crippen LogP contribution in [0.3, 0.4) is 0 Å². The monoisotopic (exact) mass is 511 g/mol. The second-order valence-electron chi connectivity index (χ2n) is 9.42. The topological polar surface area (TPSA) is 91.4 Å². The Morgan fingerprint density at radius 3 is 2.63 bits per heavy atom. The number of morpholine rings is 1. The zero-order valence-electron chi connectivity index (χ0n) is 19.8. The van der Waals surface area contributed by atoms with E-state index in [2.05, 4.69) is 20.9 Å². The van der Waals surface area contributed by atoms with Gasteiger partial charge in [-0.2, -0.15) is 0 Å². The van der Waals surface area contributed by atoms with Crippen LogP contribution in [0.5, 0.6) is 0 Å². The van der Waals surface area contributed by atoms with E-state index in [0.717, 1.165) is 65.2 Å². The zero-order chi connectivity index (χ0) is 24.0. The van der Waals surface area contributed by atoms with E-state index >= 15 is 0 Å². The molecule has 3 aromatic heterocycles. The van der Waals surface area contributed by atoms with Gasteiger partial charge in [0.25, 0.3) is 0 Å². The summed E-state index contributed by atoms with van der Waals surface area (Å²) in [7, 11) is -3.39. The highest BCUT2D eigenvalue weighted by molar-refractivity contribution is 7.90. The molecule has 8 nitrogen and oxygen atoms in total. The molecule has 2 saturated heterocycles. The highest BCUT2D eigenvalue weighted by atomic mass is 32.2. The van der Waals surface area contributed by atoms with Crippen molar-refractivity contribution in [3.05, 3.63) is 35.3 Å². The second-order valence-corrected chi connectivity index (χ2v) is 12.6. The normalized spacial score (nSPS) is 18.0. The number of nitrogens with zero attached hydrogens (tertiary/aromatic N) is 4. The predicted molar refractivity (Wildman–Crippen MR) is 140 cm³/mol. The second kappa shape index (κ2) is 9.16. The third-order valence-corrected chi connectivity index (χ3v) is 9.05. The Hall–Kier alpha value is -2.53. The van der Waals surface area contributed by atoms with Crippen molar-refractivity contribution in [1.82, 2.24) is 19.9 Å². The van der Waals surface area contributed by atoms with Gasteiger partial charge in [-0.1, -0.05) is 6.42 Å². The predicted octanol–water partition coefficient (Wildman–Crippen LogP) is 4.07. The van der Waals surface area contributed by atoms with Gasteiger partial charge in [0.1, 0.15) is 0 Å². The van der Waals surface area contributed by atoms with Crippen LogP contribution in [0.2, 0.25) is 0 Å². The van der Waals surface area contributed by atoms with E-state index < -0.39 is 9.84 Å². The zero-order valence-corrected chi connectivity index (χ0v) is 21.4. The Kier molecular flexibility index (Phi) is 6.00. The lowest BCUT2D eigenvalue weighted by molar-refractivity contribution is 0.122. The first-order valence-electron chi connectivity index (χ1n) is 12.1. The lowest BCUT2D eigenvalue weighted by Gasteiger charge is -2.28. The smallest absolute Gasteiger partial charge is 0.175 e. The van der Waals surface area contributed by atoms with Crippen molar-refractivity contribution in [2.75, 3.05) is 50.5 Å². The largest absolute Gasteiger partial charge is 0.378 e. The van der Waals surface area contributed by atoms with E-state index in [4.69, 9.17) is 14.7 Å². The minimum Gasteiger partial charge on any atom is -0.378 e. The summed E-state index contributed by atoms with van der Waals surface area (Å²) in [6, 6.07) is 7.53. The van der Waals surface area contributed by atoms with Crippen LogP contribution in [0.1, 0.15) is 24.1 Å². The van der Waals surface area contributed by atoms with Crippen LogP contribution in [0.4, 0.5) is 5.82 Å². The van der Waals surface area contributed by atoms with Gasteiger partial charge in [-0.3, -0.25) is 4.90 Å². The summed E-state index contributed by atoms with van der Waals surface area (Å²) in [4.78, 5) is 19.5. The van der Waals surface area contributed by atoms with Crippen molar-refractivity contribution < 1.29 is 13.2 Å². The van der Waals surface area contributed by atoms with Crippen molar-refractivity contribution in [1.29, 1.82) is 0 Å². The fourth-order valence-electron chi connectivity index (χ4n) is 5.03. The van der Waals surface area contributed by atoms with Crippen LogP contribution in [0, 0.1) is 0 Å². The number of hydrogen-bond acceptors (Lipinski definition) is 8. The molecule has 0 radical (unpaired) electrons. The van der Waals surface area contributed by atoms with Gasteiger partial charge in [0.15, 0.2) is 21.5 Å². The number of sulfone groups is 1. The lowest BCUT2D eigenvalue weighted by atomic mass is 10.1. The van der Waals surface area contributed by atoms with Gasteiger partial charge in [0.2, 0.25) is 0 Å². The number of likely N-dealkylation sites (tertiary alicyclic amines) is 1. The maximum absolute atomic E-state index is 12.4. The molecule has 5 heterocycles. The number of rotatable bonds is 5. The molecule has 4 aromatic rings. The van der Waals surface area contributed by atoms with Crippen molar-refractivity contribution >= 4 is 48.1 Å². The van der Waals surface area contributed by atoms with E-state index in [1.807, 2.05) is 12.3 Å². The third kappa shape index (κ3) is 4.55. The van der Waals surface area contributed by atoms with E-state index in [1.54, 1.807) is 23.5 Å². The summed E-state index contributed by atoms with van der Waals surface area (Å²) >= 11 is 1.78. The first kappa shape index (κ1) is 22.9. The Balaban J connectivity index is 1.51. The Morgan fingerprint density at radius 2 is 1.86 bits per heavy atom. The maximum atomic E-state index is 12.4. The summed E-state index contributed by atoms with van der Waals surface area (Å²) in [5, 5.41) is 0.911. The minimum absolute atomic E-state index is 0.259. The van der Waals surface area contributed by atoms with Crippen LogP contribution in [0.25, 0.3) is 32.5 Å². The molecule has 0 bridgehead atoms. The van der Waals surface area contributed by atoms with Crippen molar-refractivity contribution in [3.63, 3.8) is 0 Å². The van der Waals surface area contributed by atoms with E-state index in [9.17, 15) is 8.42 Å². The molecule has 10 heteroatoms. The molecule has 0 amide bonds. The van der Waals surface area contributed by atoms with Gasteiger partial charge in [-0.25, -0.2) is 18.4 Å². The van der Waals surface area contributed by atoms with Crippen LogP contribution < -0.4 is 4.90 Å². The lowest BCUT2D eigenvalue weighted by Crippen LogP contribution is -2.36. The number of ether oxygens (including phenoxy) is 1. The summed E-state index contributed by atoms with van der Waals surface area (Å²) in [6.45, 7) is 6.10. The minimum atomic E-state index is -3.39. The van der Waals surface area contributed by atoms with Crippen LogP contribution >= 0.6 is 11.3 Å². The van der Waals surface area contributed by atoms with E-state index in [-0.39, 0.29) is 4.90 Å². The number of H-pyrrole nitrogens is 1. The number of thiophene rings is 1. The molecule has 0 saturated carbocycles. The van der Waals surface area contributed by atoms with Crippen molar-refractivity contribution in [2.45, 2.75) is 30.7 Å². The maximum Gasteiger partial charge on any atom is 0.175 e. The molecule has 0 atom stereocenters. The van der Waals surface area contributed by atoms with Crippen molar-refractivity contribution in [2.24, 2.45) is 0 Å². The number of piperidine rings is 1. The van der Waals surface area contributed by atoms with Crippen LogP contribution in [-0.2, 0) is 21.1 Å². The van der Waals surface area contributed by atoms with Gasteiger partial charge in [0, 0.05) is 53.4 Å². The Morgan fingerprint density at radius 1 is 1.06 bits per heavy atom. The standard InChI is InChI=1S/C25H29N5O3S2/c1-35(31,32)18-14-20(19-5-6-26-21(19)15-18)24-27-22-13-17(16-29-7-3-2-4-8-29)34-23(22)25(28-24)30-9-11-33-12-10-30/h5-6,13-15,26H,2-4,7-12,16H2,1H3. The average Bonchev–Trinajstić information content (AvgIpc) is 3.50. The molecule has 1 N–H and O–H groups in total. The molecule has 184 valence electrons. The van der Waals surface area contributed by atoms with Gasteiger partial charge in [0.05, 0.1) is 28.3 Å². The number of fused-ring (bicyclic) bond motifs is 2. The van der Waals surface area contributed by atoms with Gasteiger partial charge >= 0.3 is 0 Å². The molecule has 2 aliphatic heterocycles. The van der Waals surface area contributed by atoms with Crippen LogP contribution in [-0.4, -0.2) is 73.9 Å². The molecule has 35 heavy (non-hydrogen) atoms. The summed E-state index contributed by atoms with van der Waals surface area (Å²) in [5.41, 5.74) is 2.40. The Labute approximate surface area is 208 Å². The van der Waals surface area contributed by atoms with Gasteiger partial charge < -0.3 is 14.6 Å². The van der Waals surface area contributed by atoms with E-state index in [1.165, 1.54) is 30.4 Å². The first-order chi connectivity index (χ1) is 17.0. The number of nitrogens with one attached hydrogen (secondary N) is 1. The van der Waals surface area contributed by atoms with Crippen molar-refractivity contribution in [3.8, 4) is 11.4 Å². The molecule has 2 fully saturated rings. The fourth-order valence-corrected chi connectivity index (χ4v) is 6.85. The fraction of sp³-hybridized carbons (Fsp3) is 0.440. The third-order valence-electron chi connectivity index (χ3n) is 6.85. The summed E-state index contributed by atoms with van der Waals surface area (Å²) in [6.07, 6.45) is 6.90. The summed E-state index contributed by atoms with van der Waals surface area (Å²) in [5.74, 6) is 1.47. The first-order valence-corrected chi connectivity index (χ1v) is 14.8. The highest BCUT2D eigenvalue weighted by Gasteiger charge is 2.23. The quantitative estimate of drug-likeness (QED) is 0.432. The molecular formula is C25H29N5O3S2. The van der Waals surface area contributed by atoms with Gasteiger partial charge in [-0.05, 0) is 50.2 Å². The molecule has 0 unspecified atom stereocenters. The van der Waals surface area contributed by atoms with Crippen LogP contribution in [0.15, 0.2) is 35.4 Å². The number of anilines is 1. The Bertz CT molecular complexity index is 1480. The number of aromatic amines is 1. The SMILES string of the molecule is CS(=O)(=O)c1cc(-c2nc(N3CCOCC3)c3sc(CN4CCCCC4)cc3n2)c2cc[nH]c2c1. The molecule has 1 aromatic carbocycles. The molecular weight excluding hydrogens is 482 g/mol. The van der Waals surface area contributed by atoms with E-state index in [0.29, 0.717) is 19.0 Å². The number of hydrogen-bond donors (Lipinski definition) is 1.